The lowest BCUT2D eigenvalue weighted by atomic mass is 9.83. The Morgan fingerprint density at radius 1 is 1.27 bits per heavy atom. The summed E-state index contributed by atoms with van der Waals surface area (Å²) < 4.78 is 16.6. The van der Waals surface area contributed by atoms with Gasteiger partial charge in [-0.2, -0.15) is 5.26 Å². The van der Waals surface area contributed by atoms with Crippen LogP contribution in [0.3, 0.4) is 0 Å². The highest BCUT2D eigenvalue weighted by atomic mass is 16.6. The van der Waals surface area contributed by atoms with Crippen LogP contribution in [0.1, 0.15) is 68.7 Å². The van der Waals surface area contributed by atoms with Crippen molar-refractivity contribution in [2.24, 2.45) is 5.92 Å². The lowest BCUT2D eigenvalue weighted by Gasteiger charge is -2.44. The summed E-state index contributed by atoms with van der Waals surface area (Å²) in [6.07, 6.45) is 2.88. The van der Waals surface area contributed by atoms with Gasteiger partial charge in [0.1, 0.15) is 12.7 Å². The molecule has 0 aromatic heterocycles. The van der Waals surface area contributed by atoms with E-state index in [1.165, 1.54) is 24.0 Å². The molecular formula is C26H37N3O4. The fourth-order valence-electron chi connectivity index (χ4n) is 5.15. The summed E-state index contributed by atoms with van der Waals surface area (Å²) in [5.41, 5.74) is 5.28. The number of carbonyl (C=O) groups is 1. The number of ether oxygens (including phenoxy) is 3. The van der Waals surface area contributed by atoms with E-state index in [9.17, 15) is 10.1 Å². The predicted molar refractivity (Wildman–Crippen MR) is 126 cm³/mol. The first-order valence-corrected chi connectivity index (χ1v) is 12.2. The van der Waals surface area contributed by atoms with Crippen LogP contribution in [-0.2, 0) is 27.2 Å². The molecule has 0 unspecified atom stereocenters. The average Bonchev–Trinajstić information content (AvgIpc) is 3.62. The van der Waals surface area contributed by atoms with Gasteiger partial charge in [0.15, 0.2) is 0 Å². The Kier molecular flexibility index (Phi) is 6.88. The predicted octanol–water partition coefficient (Wildman–Crippen LogP) is 4.22. The molecule has 33 heavy (non-hydrogen) atoms. The minimum Gasteiger partial charge on any atom is -0.447 e. The van der Waals surface area contributed by atoms with E-state index < -0.39 is 0 Å². The second kappa shape index (κ2) is 9.52. The standard InChI is InChI=1S/C26H37N3O4/c1-17(2)24-15-28(8-9-29(24)25(30)32-11-10-31-5)23-12-19(18-6-7-18)22-16-33-26(3,4)13-20(22)21(23)14-27/h12,17-18,24H,6-11,13,15-16H2,1-5H3/t24-/m0/s1. The number of anilines is 1. The van der Waals surface area contributed by atoms with Crippen LogP contribution < -0.4 is 4.90 Å². The zero-order valence-corrected chi connectivity index (χ0v) is 20.6. The van der Waals surface area contributed by atoms with E-state index in [1.54, 1.807) is 7.11 Å². The average molecular weight is 456 g/mol. The molecule has 0 spiro atoms. The lowest BCUT2D eigenvalue weighted by Crippen LogP contribution is -2.57. The molecule has 180 valence electrons. The molecule has 7 heteroatoms. The number of amides is 1. The van der Waals surface area contributed by atoms with Crippen LogP contribution in [0.15, 0.2) is 6.07 Å². The van der Waals surface area contributed by atoms with E-state index >= 15 is 0 Å². The van der Waals surface area contributed by atoms with Crippen LogP contribution in [0.4, 0.5) is 10.5 Å². The van der Waals surface area contributed by atoms with Gasteiger partial charge in [0.25, 0.3) is 0 Å². The molecule has 0 N–H and O–H groups in total. The van der Waals surface area contributed by atoms with E-state index in [0.717, 1.165) is 23.2 Å². The highest BCUT2D eigenvalue weighted by Crippen LogP contribution is 2.47. The van der Waals surface area contributed by atoms with E-state index in [2.05, 4.69) is 44.7 Å². The maximum atomic E-state index is 12.7. The third-order valence-electron chi connectivity index (χ3n) is 7.18. The molecule has 1 aliphatic carbocycles. The summed E-state index contributed by atoms with van der Waals surface area (Å²) in [5, 5.41) is 10.2. The van der Waals surface area contributed by atoms with Gasteiger partial charge in [0, 0.05) is 33.2 Å². The number of piperazine rings is 1. The van der Waals surface area contributed by atoms with E-state index in [4.69, 9.17) is 14.2 Å². The number of carbonyl (C=O) groups excluding carboxylic acids is 1. The number of hydrogen-bond donors (Lipinski definition) is 0. The van der Waals surface area contributed by atoms with Crippen LogP contribution >= 0.6 is 0 Å². The molecule has 2 fully saturated rings. The number of methoxy groups -OCH3 is 1. The molecule has 1 atom stereocenters. The van der Waals surface area contributed by atoms with Crippen molar-refractivity contribution in [3.8, 4) is 6.07 Å². The number of fused-ring (bicyclic) bond motifs is 1. The second-order valence-corrected chi connectivity index (χ2v) is 10.5. The zero-order valence-electron chi connectivity index (χ0n) is 20.6. The summed E-state index contributed by atoms with van der Waals surface area (Å²) in [6, 6.07) is 4.81. The third kappa shape index (κ3) is 4.97. The first-order valence-electron chi connectivity index (χ1n) is 12.2. The van der Waals surface area contributed by atoms with Gasteiger partial charge in [0.05, 0.1) is 36.1 Å². The molecule has 0 radical (unpaired) electrons. The molecule has 1 aromatic rings. The number of benzene rings is 1. The van der Waals surface area contributed by atoms with Gasteiger partial charge in [-0.1, -0.05) is 13.8 Å². The van der Waals surface area contributed by atoms with Crippen molar-refractivity contribution in [1.82, 2.24) is 4.90 Å². The van der Waals surface area contributed by atoms with Crippen molar-refractivity contribution >= 4 is 11.8 Å². The lowest BCUT2D eigenvalue weighted by molar-refractivity contribution is -0.0405. The Labute approximate surface area is 197 Å². The maximum Gasteiger partial charge on any atom is 0.410 e. The Hall–Kier alpha value is -2.30. The molecule has 1 saturated heterocycles. The van der Waals surface area contributed by atoms with Gasteiger partial charge in [0.2, 0.25) is 0 Å². The molecule has 2 heterocycles. The highest BCUT2D eigenvalue weighted by molar-refractivity contribution is 5.71. The molecule has 7 nitrogen and oxygen atoms in total. The van der Waals surface area contributed by atoms with Gasteiger partial charge < -0.3 is 24.0 Å². The summed E-state index contributed by atoms with van der Waals surface area (Å²) in [6.45, 7) is 11.6. The zero-order chi connectivity index (χ0) is 23.8. The van der Waals surface area contributed by atoms with Crippen LogP contribution in [0.25, 0.3) is 0 Å². The van der Waals surface area contributed by atoms with Crippen molar-refractivity contribution in [3.63, 3.8) is 0 Å². The van der Waals surface area contributed by atoms with Gasteiger partial charge in [-0.3, -0.25) is 0 Å². The van der Waals surface area contributed by atoms with Crippen molar-refractivity contribution in [3.05, 3.63) is 28.3 Å². The first kappa shape index (κ1) is 23.8. The fraction of sp³-hybridized carbons (Fsp3) is 0.692. The van der Waals surface area contributed by atoms with Crippen molar-refractivity contribution in [1.29, 1.82) is 5.26 Å². The molecule has 3 aliphatic rings. The van der Waals surface area contributed by atoms with Crippen molar-refractivity contribution < 1.29 is 19.0 Å². The van der Waals surface area contributed by atoms with Gasteiger partial charge >= 0.3 is 6.09 Å². The molecule has 4 rings (SSSR count). The smallest absolute Gasteiger partial charge is 0.410 e. The first-order chi connectivity index (χ1) is 15.8. The summed E-state index contributed by atoms with van der Waals surface area (Å²) in [4.78, 5) is 16.9. The minimum absolute atomic E-state index is 0.0144. The number of hydrogen-bond acceptors (Lipinski definition) is 6. The van der Waals surface area contributed by atoms with Gasteiger partial charge in [-0.25, -0.2) is 4.79 Å². The van der Waals surface area contributed by atoms with E-state index in [0.29, 0.717) is 38.8 Å². The number of rotatable bonds is 6. The number of nitrogens with zero attached hydrogens (tertiary/aromatic N) is 3. The Morgan fingerprint density at radius 2 is 2.03 bits per heavy atom. The quantitative estimate of drug-likeness (QED) is 0.598. The van der Waals surface area contributed by atoms with Crippen molar-refractivity contribution in [2.45, 2.75) is 71.1 Å². The van der Waals surface area contributed by atoms with Gasteiger partial charge in [-0.15, -0.1) is 0 Å². The highest BCUT2D eigenvalue weighted by Gasteiger charge is 2.38. The summed E-state index contributed by atoms with van der Waals surface area (Å²) in [5.74, 6) is 0.842. The maximum absolute atomic E-state index is 12.7. The van der Waals surface area contributed by atoms with Crippen LogP contribution in [0.2, 0.25) is 0 Å². The van der Waals surface area contributed by atoms with Crippen molar-refractivity contribution in [2.75, 3.05) is 44.9 Å². The Bertz CT molecular complexity index is 932. The monoisotopic (exact) mass is 455 g/mol. The largest absolute Gasteiger partial charge is 0.447 e. The molecule has 2 aliphatic heterocycles. The molecule has 1 saturated carbocycles. The topological polar surface area (TPSA) is 75.0 Å². The Morgan fingerprint density at radius 3 is 2.67 bits per heavy atom. The Balaban J connectivity index is 1.65. The van der Waals surface area contributed by atoms with Crippen LogP contribution in [0.5, 0.6) is 0 Å². The third-order valence-corrected chi connectivity index (χ3v) is 7.18. The van der Waals surface area contributed by atoms with E-state index in [-0.39, 0.29) is 30.3 Å². The normalized spacial score (nSPS) is 22.2. The van der Waals surface area contributed by atoms with Crippen LogP contribution in [-0.4, -0.2) is 62.6 Å². The SMILES string of the molecule is COCCOC(=O)N1CCN(c2cc(C3CC3)c3c(c2C#N)CC(C)(C)OC3)C[C@H]1C(C)C. The fourth-order valence-corrected chi connectivity index (χ4v) is 5.15. The summed E-state index contributed by atoms with van der Waals surface area (Å²) >= 11 is 0. The second-order valence-electron chi connectivity index (χ2n) is 10.5. The molecule has 0 bridgehead atoms. The number of nitriles is 1. The molecule has 1 amide bonds. The van der Waals surface area contributed by atoms with Gasteiger partial charge in [-0.05, 0) is 61.3 Å². The molecule has 1 aromatic carbocycles. The van der Waals surface area contributed by atoms with Crippen LogP contribution in [0, 0.1) is 17.2 Å². The minimum atomic E-state index is -0.283. The summed E-state index contributed by atoms with van der Waals surface area (Å²) in [7, 11) is 1.60. The molecular weight excluding hydrogens is 418 g/mol. The van der Waals surface area contributed by atoms with E-state index in [1.807, 2.05) is 4.90 Å².